The van der Waals surface area contributed by atoms with E-state index in [1.54, 1.807) is 24.3 Å². The minimum absolute atomic E-state index is 0.0424. The first-order valence-electron chi connectivity index (χ1n) is 10.7. The topological polar surface area (TPSA) is 111 Å². The van der Waals surface area contributed by atoms with Gasteiger partial charge in [0.25, 0.3) is 10.9 Å². The largest absolute Gasteiger partial charge is 0.411 e. The Morgan fingerprint density at radius 2 is 1.51 bits per heavy atom. The number of carbonyl (C=O) groups is 1. The number of anilines is 1. The standard InChI is InChI=1S/C26H18N4O4S/c31-24(27-22-11-7-18(8-12-22)19-9-13-23(14-10-19)30(32)33)16-35-26-29-28-25(34-26)21-6-5-17-3-1-2-4-20(17)15-21/h1-15H,16H2,(H,27,31). The smallest absolute Gasteiger partial charge is 0.277 e. The summed E-state index contributed by atoms with van der Waals surface area (Å²) in [6, 6.07) is 27.5. The molecule has 5 rings (SSSR count). The Hall–Kier alpha value is -4.50. The summed E-state index contributed by atoms with van der Waals surface area (Å²) in [5.41, 5.74) is 3.24. The number of benzene rings is 4. The number of non-ortho nitro benzene ring substituents is 1. The molecule has 0 bridgehead atoms. The van der Waals surface area contributed by atoms with Gasteiger partial charge in [-0.15, -0.1) is 10.2 Å². The number of aromatic nitrogens is 2. The third-order valence-corrected chi connectivity index (χ3v) is 6.13. The van der Waals surface area contributed by atoms with Gasteiger partial charge >= 0.3 is 0 Å². The molecule has 0 atom stereocenters. The molecule has 0 saturated carbocycles. The van der Waals surface area contributed by atoms with Crippen LogP contribution in [-0.2, 0) is 4.79 Å². The molecule has 0 aliphatic rings. The summed E-state index contributed by atoms with van der Waals surface area (Å²) in [6.07, 6.45) is 0. The Kier molecular flexibility index (Phi) is 6.23. The molecular weight excluding hydrogens is 464 g/mol. The average molecular weight is 483 g/mol. The summed E-state index contributed by atoms with van der Waals surface area (Å²) in [7, 11) is 0. The van der Waals surface area contributed by atoms with Crippen LogP contribution in [0.25, 0.3) is 33.4 Å². The van der Waals surface area contributed by atoms with Crippen LogP contribution in [0, 0.1) is 10.1 Å². The number of thioether (sulfide) groups is 1. The first kappa shape index (κ1) is 22.3. The monoisotopic (exact) mass is 482 g/mol. The quantitative estimate of drug-likeness (QED) is 0.167. The first-order valence-corrected chi connectivity index (χ1v) is 11.6. The number of nitrogens with zero attached hydrogens (tertiary/aromatic N) is 3. The molecule has 4 aromatic carbocycles. The van der Waals surface area contributed by atoms with Crippen molar-refractivity contribution < 1.29 is 14.1 Å². The molecule has 1 heterocycles. The first-order chi connectivity index (χ1) is 17.0. The highest BCUT2D eigenvalue weighted by molar-refractivity contribution is 7.99. The van der Waals surface area contributed by atoms with E-state index in [9.17, 15) is 14.9 Å². The highest BCUT2D eigenvalue weighted by Crippen LogP contribution is 2.27. The van der Waals surface area contributed by atoms with E-state index in [0.717, 1.165) is 39.2 Å². The van der Waals surface area contributed by atoms with Gasteiger partial charge in [0.1, 0.15) is 0 Å². The number of nitro groups is 1. The Balaban J connectivity index is 1.17. The lowest BCUT2D eigenvalue weighted by Crippen LogP contribution is -2.13. The maximum absolute atomic E-state index is 12.4. The van der Waals surface area contributed by atoms with Crippen molar-refractivity contribution >= 4 is 39.8 Å². The molecule has 35 heavy (non-hydrogen) atoms. The van der Waals surface area contributed by atoms with Crippen molar-refractivity contribution in [3.8, 4) is 22.6 Å². The Morgan fingerprint density at radius 1 is 0.857 bits per heavy atom. The summed E-state index contributed by atoms with van der Waals surface area (Å²) in [6.45, 7) is 0. The maximum atomic E-state index is 12.4. The molecule has 8 nitrogen and oxygen atoms in total. The van der Waals surface area contributed by atoms with E-state index in [-0.39, 0.29) is 17.3 Å². The molecule has 0 radical (unpaired) electrons. The van der Waals surface area contributed by atoms with Crippen LogP contribution < -0.4 is 5.32 Å². The molecular formula is C26H18N4O4S. The van der Waals surface area contributed by atoms with E-state index in [4.69, 9.17) is 4.42 Å². The minimum Gasteiger partial charge on any atom is -0.411 e. The molecule has 0 spiro atoms. The molecule has 0 aliphatic carbocycles. The third kappa shape index (κ3) is 5.20. The van der Waals surface area contributed by atoms with Gasteiger partial charge in [-0.3, -0.25) is 14.9 Å². The van der Waals surface area contributed by atoms with E-state index in [0.29, 0.717) is 16.8 Å². The van der Waals surface area contributed by atoms with Crippen LogP contribution in [-0.4, -0.2) is 26.8 Å². The fourth-order valence-corrected chi connectivity index (χ4v) is 4.12. The number of carbonyl (C=O) groups excluding carboxylic acids is 1. The SMILES string of the molecule is O=C(CSc1nnc(-c2ccc3ccccc3c2)o1)Nc1ccc(-c2ccc([N+](=O)[O-])cc2)cc1. The zero-order chi connectivity index (χ0) is 24.2. The van der Waals surface area contributed by atoms with Gasteiger partial charge in [0.2, 0.25) is 11.8 Å². The molecule has 9 heteroatoms. The van der Waals surface area contributed by atoms with Crippen LogP contribution in [0.4, 0.5) is 11.4 Å². The fraction of sp³-hybridized carbons (Fsp3) is 0.0385. The summed E-state index contributed by atoms with van der Waals surface area (Å²) in [5, 5.41) is 24.3. The Morgan fingerprint density at radius 3 is 2.23 bits per heavy atom. The molecule has 0 saturated heterocycles. The van der Waals surface area contributed by atoms with Crippen LogP contribution in [0.1, 0.15) is 0 Å². The molecule has 1 amide bonds. The van der Waals surface area contributed by atoms with Crippen LogP contribution in [0.15, 0.2) is 101 Å². The van der Waals surface area contributed by atoms with Gasteiger partial charge in [-0.1, -0.05) is 54.2 Å². The fourth-order valence-electron chi connectivity index (χ4n) is 3.55. The predicted octanol–water partition coefficient (Wildman–Crippen LogP) is 6.20. The second-order valence-corrected chi connectivity index (χ2v) is 8.58. The lowest BCUT2D eigenvalue weighted by atomic mass is 10.1. The second kappa shape index (κ2) is 9.78. The molecule has 172 valence electrons. The Bertz CT molecular complexity index is 1510. The van der Waals surface area contributed by atoms with Gasteiger partial charge in [0.15, 0.2) is 0 Å². The van der Waals surface area contributed by atoms with E-state index >= 15 is 0 Å². The average Bonchev–Trinajstić information content (AvgIpc) is 3.37. The van der Waals surface area contributed by atoms with Crippen LogP contribution in [0.2, 0.25) is 0 Å². The molecule has 0 aliphatic heterocycles. The lowest BCUT2D eigenvalue weighted by Gasteiger charge is -2.06. The number of nitrogens with one attached hydrogen (secondary N) is 1. The van der Waals surface area contributed by atoms with Crippen molar-refractivity contribution in [1.82, 2.24) is 10.2 Å². The van der Waals surface area contributed by atoms with Crippen molar-refractivity contribution in [2.75, 3.05) is 11.1 Å². The summed E-state index contributed by atoms with van der Waals surface area (Å²) >= 11 is 1.16. The van der Waals surface area contributed by atoms with Gasteiger partial charge < -0.3 is 9.73 Å². The van der Waals surface area contributed by atoms with Crippen molar-refractivity contribution in [1.29, 1.82) is 0 Å². The van der Waals surface area contributed by atoms with Gasteiger partial charge in [-0.05, 0) is 58.3 Å². The highest BCUT2D eigenvalue weighted by Gasteiger charge is 2.12. The molecule has 0 unspecified atom stereocenters. The maximum Gasteiger partial charge on any atom is 0.277 e. The van der Waals surface area contributed by atoms with Gasteiger partial charge in [-0.2, -0.15) is 0 Å². The zero-order valence-electron chi connectivity index (χ0n) is 18.3. The Labute approximate surface area is 204 Å². The number of fused-ring (bicyclic) bond motifs is 1. The van der Waals surface area contributed by atoms with Gasteiger partial charge in [-0.25, -0.2) is 0 Å². The van der Waals surface area contributed by atoms with Crippen LogP contribution >= 0.6 is 11.8 Å². The summed E-state index contributed by atoms with van der Waals surface area (Å²) in [4.78, 5) is 22.7. The minimum atomic E-state index is -0.432. The van der Waals surface area contributed by atoms with Gasteiger partial charge in [0.05, 0.1) is 10.7 Å². The summed E-state index contributed by atoms with van der Waals surface area (Å²) in [5.74, 6) is 0.313. The van der Waals surface area contributed by atoms with Crippen molar-refractivity contribution in [2.45, 2.75) is 5.22 Å². The number of rotatable bonds is 7. The molecule has 0 fully saturated rings. The molecule has 5 aromatic rings. The highest BCUT2D eigenvalue weighted by atomic mass is 32.2. The van der Waals surface area contributed by atoms with Crippen molar-refractivity contribution in [3.63, 3.8) is 0 Å². The normalized spacial score (nSPS) is 10.9. The van der Waals surface area contributed by atoms with Crippen LogP contribution in [0.5, 0.6) is 0 Å². The second-order valence-electron chi connectivity index (χ2n) is 7.65. The van der Waals surface area contributed by atoms with E-state index in [1.807, 2.05) is 54.6 Å². The lowest BCUT2D eigenvalue weighted by molar-refractivity contribution is -0.384. The predicted molar refractivity (Wildman–Crippen MR) is 135 cm³/mol. The van der Waals surface area contributed by atoms with E-state index in [1.165, 1.54) is 12.1 Å². The van der Waals surface area contributed by atoms with Gasteiger partial charge in [0, 0.05) is 23.4 Å². The third-order valence-electron chi connectivity index (χ3n) is 5.31. The zero-order valence-corrected chi connectivity index (χ0v) is 19.1. The van der Waals surface area contributed by atoms with Crippen LogP contribution in [0.3, 0.4) is 0 Å². The number of amides is 1. The molecule has 1 N–H and O–H groups in total. The van der Waals surface area contributed by atoms with E-state index in [2.05, 4.69) is 15.5 Å². The van der Waals surface area contributed by atoms with E-state index < -0.39 is 4.92 Å². The van der Waals surface area contributed by atoms with Crippen molar-refractivity contribution in [2.24, 2.45) is 0 Å². The summed E-state index contributed by atoms with van der Waals surface area (Å²) < 4.78 is 5.73. The van der Waals surface area contributed by atoms with Crippen molar-refractivity contribution in [3.05, 3.63) is 101 Å². The number of nitro benzene ring substituents is 1. The molecule has 1 aromatic heterocycles. The number of hydrogen-bond acceptors (Lipinski definition) is 7. The number of hydrogen-bond donors (Lipinski definition) is 1.